The molecule has 0 saturated carbocycles. The highest BCUT2D eigenvalue weighted by Crippen LogP contribution is 2.23. The first-order valence-electron chi connectivity index (χ1n) is 6.96. The minimum absolute atomic E-state index is 0. The lowest BCUT2D eigenvalue weighted by molar-refractivity contribution is 0.0546. The van der Waals surface area contributed by atoms with Crippen LogP contribution < -0.4 is 10.5 Å². The van der Waals surface area contributed by atoms with Crippen LogP contribution >= 0.6 is 12.4 Å². The van der Waals surface area contributed by atoms with Gasteiger partial charge in [0.15, 0.2) is 5.76 Å². The van der Waals surface area contributed by atoms with E-state index < -0.39 is 10.0 Å². The predicted molar refractivity (Wildman–Crippen MR) is 84.5 cm³/mol. The Bertz CT molecular complexity index is 615. The van der Waals surface area contributed by atoms with E-state index in [0.717, 1.165) is 19.3 Å². The van der Waals surface area contributed by atoms with E-state index in [0.29, 0.717) is 6.54 Å². The van der Waals surface area contributed by atoms with Crippen LogP contribution in [-0.2, 0) is 10.0 Å². The average molecular weight is 352 g/mol. The number of nitrogens with two attached hydrogens (primary N) is 1. The number of sulfonamides is 1. The number of carbonyl (C=O) groups is 1. The van der Waals surface area contributed by atoms with Crippen LogP contribution in [0.4, 0.5) is 0 Å². The molecule has 126 valence electrons. The molecule has 2 heterocycles. The molecule has 2 rings (SSSR count). The number of amides is 1. The minimum atomic E-state index is -3.68. The molecule has 1 amide bonds. The van der Waals surface area contributed by atoms with Gasteiger partial charge in [-0.25, -0.2) is 13.1 Å². The van der Waals surface area contributed by atoms with Crippen LogP contribution in [-0.4, -0.2) is 44.9 Å². The minimum Gasteiger partial charge on any atom is -0.438 e. The number of hydrogen-bond donors (Lipinski definition) is 2. The third-order valence-corrected chi connectivity index (χ3v) is 5.03. The fraction of sp³-hybridized carbons (Fsp3) is 0.615. The normalized spacial score (nSPS) is 20.3. The fourth-order valence-corrected chi connectivity index (χ4v) is 3.23. The number of furan rings is 1. The molecule has 9 heteroatoms. The van der Waals surface area contributed by atoms with Crippen molar-refractivity contribution in [1.29, 1.82) is 0 Å². The second-order valence-electron chi connectivity index (χ2n) is 5.25. The summed E-state index contributed by atoms with van der Waals surface area (Å²) in [5.74, 6) is -0.286. The Labute approximate surface area is 136 Å². The molecule has 22 heavy (non-hydrogen) atoms. The molecular formula is C13H22ClN3O4S. The van der Waals surface area contributed by atoms with Gasteiger partial charge in [-0.15, -0.1) is 12.4 Å². The number of nitrogens with one attached hydrogen (secondary N) is 1. The molecule has 1 saturated heterocycles. The Hall–Kier alpha value is -1.09. The molecule has 7 nitrogen and oxygen atoms in total. The van der Waals surface area contributed by atoms with Gasteiger partial charge in [-0.05, 0) is 45.4 Å². The summed E-state index contributed by atoms with van der Waals surface area (Å²) in [7, 11) is -2.40. The van der Waals surface area contributed by atoms with E-state index in [4.69, 9.17) is 10.2 Å². The summed E-state index contributed by atoms with van der Waals surface area (Å²) in [5.41, 5.74) is 5.94. The molecule has 2 atom stereocenters. The summed E-state index contributed by atoms with van der Waals surface area (Å²) in [6.45, 7) is 2.48. The van der Waals surface area contributed by atoms with Crippen LogP contribution in [0.5, 0.6) is 0 Å². The van der Waals surface area contributed by atoms with Gasteiger partial charge in [0.25, 0.3) is 15.9 Å². The highest BCUT2D eigenvalue weighted by atomic mass is 35.5. The molecule has 0 aliphatic carbocycles. The molecule has 1 fully saturated rings. The van der Waals surface area contributed by atoms with Crippen LogP contribution in [0.3, 0.4) is 0 Å². The van der Waals surface area contributed by atoms with Crippen molar-refractivity contribution in [3.05, 3.63) is 17.9 Å². The maximum absolute atomic E-state index is 12.5. The zero-order valence-electron chi connectivity index (χ0n) is 12.6. The molecule has 0 bridgehead atoms. The topological polar surface area (TPSA) is 106 Å². The lowest BCUT2D eigenvalue weighted by Crippen LogP contribution is -2.51. The van der Waals surface area contributed by atoms with Gasteiger partial charge in [0.1, 0.15) is 0 Å². The monoisotopic (exact) mass is 351 g/mol. The number of halogens is 1. The van der Waals surface area contributed by atoms with E-state index in [1.54, 1.807) is 4.90 Å². The van der Waals surface area contributed by atoms with E-state index in [1.807, 2.05) is 6.92 Å². The second-order valence-corrected chi connectivity index (χ2v) is 7.06. The SMILES string of the molecule is CNS(=O)(=O)c1ccc(C(=O)N2CCCCC2C(C)N)o1.Cl. The third kappa shape index (κ3) is 3.81. The first-order chi connectivity index (χ1) is 9.86. The van der Waals surface area contributed by atoms with Gasteiger partial charge in [-0.2, -0.15) is 0 Å². The zero-order chi connectivity index (χ0) is 15.6. The molecule has 2 unspecified atom stereocenters. The van der Waals surface area contributed by atoms with Crippen molar-refractivity contribution in [3.63, 3.8) is 0 Å². The lowest BCUT2D eigenvalue weighted by Gasteiger charge is -2.37. The molecule has 1 aromatic rings. The van der Waals surface area contributed by atoms with E-state index in [-0.39, 0.29) is 41.3 Å². The Morgan fingerprint density at radius 2 is 2.14 bits per heavy atom. The van der Waals surface area contributed by atoms with Crippen molar-refractivity contribution >= 4 is 28.3 Å². The summed E-state index contributed by atoms with van der Waals surface area (Å²) in [6.07, 6.45) is 2.80. The van der Waals surface area contributed by atoms with Crippen molar-refractivity contribution in [2.75, 3.05) is 13.6 Å². The molecular weight excluding hydrogens is 330 g/mol. The molecule has 1 aliphatic heterocycles. The molecule has 0 radical (unpaired) electrons. The van der Waals surface area contributed by atoms with E-state index >= 15 is 0 Å². The first-order valence-corrected chi connectivity index (χ1v) is 8.45. The highest BCUT2D eigenvalue weighted by Gasteiger charge is 2.32. The van der Waals surface area contributed by atoms with Gasteiger partial charge in [0.05, 0.1) is 0 Å². The van der Waals surface area contributed by atoms with Crippen molar-refractivity contribution in [3.8, 4) is 0 Å². The van der Waals surface area contributed by atoms with Crippen molar-refractivity contribution < 1.29 is 17.6 Å². The van der Waals surface area contributed by atoms with Gasteiger partial charge < -0.3 is 15.1 Å². The summed E-state index contributed by atoms with van der Waals surface area (Å²) in [5, 5.41) is -0.261. The van der Waals surface area contributed by atoms with Crippen LogP contribution in [0, 0.1) is 0 Å². The Morgan fingerprint density at radius 1 is 1.45 bits per heavy atom. The summed E-state index contributed by atoms with van der Waals surface area (Å²) in [6, 6.07) is 2.49. The van der Waals surface area contributed by atoms with Crippen LogP contribution in [0.1, 0.15) is 36.7 Å². The number of carbonyl (C=O) groups excluding carboxylic acids is 1. The van der Waals surface area contributed by atoms with Crippen LogP contribution in [0.25, 0.3) is 0 Å². The molecule has 1 aliphatic rings. The highest BCUT2D eigenvalue weighted by molar-refractivity contribution is 7.89. The van der Waals surface area contributed by atoms with Gasteiger partial charge in [0, 0.05) is 18.6 Å². The van der Waals surface area contributed by atoms with Crippen molar-refractivity contribution in [1.82, 2.24) is 9.62 Å². The van der Waals surface area contributed by atoms with Crippen LogP contribution in [0.15, 0.2) is 21.6 Å². The Balaban J connectivity index is 0.00000242. The van der Waals surface area contributed by atoms with E-state index in [9.17, 15) is 13.2 Å². The maximum atomic E-state index is 12.5. The summed E-state index contributed by atoms with van der Waals surface area (Å²) >= 11 is 0. The number of hydrogen-bond acceptors (Lipinski definition) is 5. The van der Waals surface area contributed by atoms with Crippen molar-refractivity contribution in [2.24, 2.45) is 5.73 Å². The Morgan fingerprint density at radius 3 is 2.73 bits per heavy atom. The fourth-order valence-electron chi connectivity index (χ4n) is 2.58. The predicted octanol–water partition coefficient (Wildman–Crippen LogP) is 0.951. The number of piperidine rings is 1. The van der Waals surface area contributed by atoms with Gasteiger partial charge in [0.2, 0.25) is 5.09 Å². The lowest BCUT2D eigenvalue weighted by atomic mass is 9.96. The molecule has 0 spiro atoms. The zero-order valence-corrected chi connectivity index (χ0v) is 14.2. The van der Waals surface area contributed by atoms with Gasteiger partial charge in [-0.3, -0.25) is 4.79 Å². The smallest absolute Gasteiger partial charge is 0.289 e. The van der Waals surface area contributed by atoms with E-state index in [2.05, 4.69) is 4.72 Å². The Kier molecular flexibility index (Phi) is 6.42. The molecule has 1 aromatic heterocycles. The quantitative estimate of drug-likeness (QED) is 0.840. The maximum Gasteiger partial charge on any atom is 0.289 e. The van der Waals surface area contributed by atoms with Gasteiger partial charge in [-0.1, -0.05) is 0 Å². The van der Waals surface area contributed by atoms with E-state index in [1.165, 1.54) is 19.2 Å². The third-order valence-electron chi connectivity index (χ3n) is 3.74. The summed E-state index contributed by atoms with van der Waals surface area (Å²) in [4.78, 5) is 14.2. The average Bonchev–Trinajstić information content (AvgIpc) is 2.97. The molecule has 0 aromatic carbocycles. The number of likely N-dealkylation sites (tertiary alicyclic amines) is 1. The number of rotatable bonds is 4. The van der Waals surface area contributed by atoms with Gasteiger partial charge >= 0.3 is 0 Å². The summed E-state index contributed by atoms with van der Waals surface area (Å²) < 4.78 is 30.6. The van der Waals surface area contributed by atoms with Crippen molar-refractivity contribution in [2.45, 2.75) is 43.4 Å². The second kappa shape index (κ2) is 7.45. The first kappa shape index (κ1) is 19.0. The van der Waals surface area contributed by atoms with Crippen LogP contribution in [0.2, 0.25) is 0 Å². The largest absolute Gasteiger partial charge is 0.438 e. The number of nitrogens with zero attached hydrogens (tertiary/aromatic N) is 1. The molecule has 3 N–H and O–H groups in total. The standard InChI is InChI=1S/C13H21N3O4S.ClH/c1-9(14)10-5-3-4-8-16(10)13(17)11-6-7-12(20-11)21(18,19)15-2;/h6-7,9-10,15H,3-5,8,14H2,1-2H3;1H.